The van der Waals surface area contributed by atoms with E-state index in [2.05, 4.69) is 20.8 Å². The Labute approximate surface area is 170 Å². The lowest BCUT2D eigenvalue weighted by molar-refractivity contribution is -0.132. The maximum Gasteiger partial charge on any atom is 0.330 e. The summed E-state index contributed by atoms with van der Waals surface area (Å²) < 4.78 is 0. The Hall–Kier alpha value is -0.790. The fraction of sp³-hybridized carbons (Fsp3) is 0.880. The largest absolute Gasteiger partial charge is 0.478 e. The van der Waals surface area contributed by atoms with Gasteiger partial charge in [-0.2, -0.15) is 0 Å². The number of hydrogen-bond acceptors (Lipinski definition) is 1. The lowest BCUT2D eigenvalue weighted by Crippen LogP contribution is -2.04. The molecule has 0 radical (unpaired) electrons. The zero-order chi connectivity index (χ0) is 20.3. The summed E-state index contributed by atoms with van der Waals surface area (Å²) in [5, 5.41) is 8.94. The van der Waals surface area contributed by atoms with Crippen LogP contribution in [0.2, 0.25) is 0 Å². The summed E-state index contributed by atoms with van der Waals surface area (Å²) in [5.41, 5.74) is 0.478. The van der Waals surface area contributed by atoms with Crippen molar-refractivity contribution in [3.05, 3.63) is 11.6 Å². The van der Waals surface area contributed by atoms with Crippen LogP contribution in [-0.2, 0) is 4.79 Å². The van der Waals surface area contributed by atoms with Gasteiger partial charge < -0.3 is 5.11 Å². The van der Waals surface area contributed by atoms with Crippen LogP contribution in [0.4, 0.5) is 0 Å². The molecule has 0 rings (SSSR count). The van der Waals surface area contributed by atoms with Crippen LogP contribution in [0, 0.1) is 11.8 Å². The first-order valence-electron chi connectivity index (χ1n) is 11.9. The fourth-order valence-corrected chi connectivity index (χ4v) is 4.01. The Kier molecular flexibility index (Phi) is 18.0. The van der Waals surface area contributed by atoms with Gasteiger partial charge in [-0.3, -0.25) is 0 Å². The molecular weight excluding hydrogens is 332 g/mol. The Morgan fingerprint density at radius 1 is 0.778 bits per heavy atom. The van der Waals surface area contributed by atoms with Crippen molar-refractivity contribution in [2.24, 2.45) is 11.8 Å². The van der Waals surface area contributed by atoms with Gasteiger partial charge in [0.1, 0.15) is 0 Å². The van der Waals surface area contributed by atoms with E-state index in [-0.39, 0.29) is 0 Å². The Morgan fingerprint density at radius 3 is 1.59 bits per heavy atom. The lowest BCUT2D eigenvalue weighted by atomic mass is 9.91. The van der Waals surface area contributed by atoms with Crippen molar-refractivity contribution in [3.63, 3.8) is 0 Å². The van der Waals surface area contributed by atoms with Crippen molar-refractivity contribution in [1.82, 2.24) is 0 Å². The van der Waals surface area contributed by atoms with E-state index in [0.717, 1.165) is 6.42 Å². The van der Waals surface area contributed by atoms with Gasteiger partial charge in [0, 0.05) is 5.57 Å². The molecule has 0 aliphatic heterocycles. The van der Waals surface area contributed by atoms with Gasteiger partial charge in [0.25, 0.3) is 0 Å². The minimum atomic E-state index is -0.790. The van der Waals surface area contributed by atoms with Crippen LogP contribution in [0.5, 0.6) is 0 Å². The van der Waals surface area contributed by atoms with Crippen LogP contribution in [0.25, 0.3) is 0 Å². The van der Waals surface area contributed by atoms with Crippen molar-refractivity contribution in [1.29, 1.82) is 0 Å². The summed E-state index contributed by atoms with van der Waals surface area (Å²) in [7, 11) is 0. The molecule has 0 aromatic heterocycles. The third-order valence-electron chi connectivity index (χ3n) is 5.70. The van der Waals surface area contributed by atoms with Crippen LogP contribution in [0.3, 0.4) is 0 Å². The maximum atomic E-state index is 10.9. The molecule has 0 bridgehead atoms. The van der Waals surface area contributed by atoms with E-state index in [1.54, 1.807) is 6.92 Å². The van der Waals surface area contributed by atoms with Crippen molar-refractivity contribution in [2.45, 2.75) is 130 Å². The number of unbranched alkanes of at least 4 members (excludes halogenated alkanes) is 13. The number of carbonyl (C=O) groups is 1. The van der Waals surface area contributed by atoms with E-state index in [0.29, 0.717) is 17.4 Å². The van der Waals surface area contributed by atoms with Crippen molar-refractivity contribution < 1.29 is 9.90 Å². The molecule has 1 N–H and O–H groups in total. The standard InChI is InChI=1S/C25H48O2/c1-5-6-7-8-9-10-11-12-13-14-15-16-17-18-19-22(2)20-23(3)21-24(4)25(26)27/h21-23H,5-20H2,1-4H3,(H,26,27). The van der Waals surface area contributed by atoms with E-state index < -0.39 is 5.97 Å². The molecule has 2 atom stereocenters. The summed E-state index contributed by atoms with van der Waals surface area (Å²) >= 11 is 0. The zero-order valence-electron chi connectivity index (χ0n) is 18.9. The second-order valence-electron chi connectivity index (χ2n) is 8.86. The molecule has 0 spiro atoms. The maximum absolute atomic E-state index is 10.9. The van der Waals surface area contributed by atoms with Crippen LogP contribution in [0.15, 0.2) is 11.6 Å². The molecule has 0 aromatic rings. The molecule has 0 aromatic carbocycles. The lowest BCUT2D eigenvalue weighted by Gasteiger charge is -2.15. The minimum Gasteiger partial charge on any atom is -0.478 e. The zero-order valence-corrected chi connectivity index (χ0v) is 18.9. The number of aliphatic carboxylic acids is 1. The van der Waals surface area contributed by atoms with Crippen LogP contribution < -0.4 is 0 Å². The number of hydrogen-bond donors (Lipinski definition) is 1. The van der Waals surface area contributed by atoms with Gasteiger partial charge >= 0.3 is 5.97 Å². The van der Waals surface area contributed by atoms with Gasteiger partial charge in [0.2, 0.25) is 0 Å². The predicted octanol–water partition coefficient (Wildman–Crippen LogP) is 8.55. The van der Waals surface area contributed by atoms with E-state index in [1.165, 1.54) is 96.3 Å². The van der Waals surface area contributed by atoms with E-state index >= 15 is 0 Å². The Balaban J connectivity index is 3.39. The molecule has 2 nitrogen and oxygen atoms in total. The molecule has 2 heteroatoms. The molecule has 0 aliphatic carbocycles. The van der Waals surface area contributed by atoms with Crippen LogP contribution in [-0.4, -0.2) is 11.1 Å². The molecular formula is C25H48O2. The number of carboxylic acids is 1. The van der Waals surface area contributed by atoms with Crippen LogP contribution in [0.1, 0.15) is 130 Å². The first kappa shape index (κ1) is 26.2. The Bertz CT molecular complexity index is 373. The summed E-state index contributed by atoms with van der Waals surface area (Å²) in [5.74, 6) is 0.263. The second-order valence-corrected chi connectivity index (χ2v) is 8.86. The monoisotopic (exact) mass is 380 g/mol. The van der Waals surface area contributed by atoms with Crippen molar-refractivity contribution >= 4 is 5.97 Å². The highest BCUT2D eigenvalue weighted by Crippen LogP contribution is 2.21. The third-order valence-corrected chi connectivity index (χ3v) is 5.70. The summed E-state index contributed by atoms with van der Waals surface area (Å²) in [6.45, 7) is 8.42. The van der Waals surface area contributed by atoms with Gasteiger partial charge in [-0.25, -0.2) is 4.79 Å². The molecule has 2 unspecified atom stereocenters. The number of rotatable bonds is 19. The topological polar surface area (TPSA) is 37.3 Å². The molecule has 160 valence electrons. The van der Waals surface area contributed by atoms with Crippen LogP contribution >= 0.6 is 0 Å². The highest BCUT2D eigenvalue weighted by atomic mass is 16.4. The van der Waals surface area contributed by atoms with E-state index in [4.69, 9.17) is 5.11 Å². The summed E-state index contributed by atoms with van der Waals surface area (Å²) in [6, 6.07) is 0. The molecule has 27 heavy (non-hydrogen) atoms. The molecule has 0 saturated carbocycles. The molecule has 0 saturated heterocycles. The van der Waals surface area contributed by atoms with Crippen molar-refractivity contribution in [2.75, 3.05) is 0 Å². The fourth-order valence-electron chi connectivity index (χ4n) is 4.01. The van der Waals surface area contributed by atoms with Gasteiger partial charge in [0.15, 0.2) is 0 Å². The first-order chi connectivity index (χ1) is 13.0. The molecule has 0 fully saturated rings. The highest BCUT2D eigenvalue weighted by molar-refractivity contribution is 5.85. The van der Waals surface area contributed by atoms with Gasteiger partial charge in [-0.15, -0.1) is 0 Å². The average molecular weight is 381 g/mol. The summed E-state index contributed by atoms with van der Waals surface area (Å²) in [6.07, 6.45) is 24.0. The highest BCUT2D eigenvalue weighted by Gasteiger charge is 2.09. The third kappa shape index (κ3) is 18.3. The first-order valence-corrected chi connectivity index (χ1v) is 11.9. The van der Waals surface area contributed by atoms with Crippen molar-refractivity contribution in [3.8, 4) is 0 Å². The predicted molar refractivity (Wildman–Crippen MR) is 119 cm³/mol. The van der Waals surface area contributed by atoms with Gasteiger partial charge in [0.05, 0.1) is 0 Å². The second kappa shape index (κ2) is 18.6. The number of allylic oxidation sites excluding steroid dienone is 1. The quantitative estimate of drug-likeness (QED) is 0.180. The van der Waals surface area contributed by atoms with Gasteiger partial charge in [-0.05, 0) is 25.2 Å². The van der Waals surface area contributed by atoms with Gasteiger partial charge in [-0.1, -0.05) is 123 Å². The smallest absolute Gasteiger partial charge is 0.330 e. The average Bonchev–Trinajstić information content (AvgIpc) is 2.61. The summed E-state index contributed by atoms with van der Waals surface area (Å²) in [4.78, 5) is 10.9. The molecule has 0 amide bonds. The molecule has 0 aliphatic rings. The Morgan fingerprint density at radius 2 is 1.19 bits per heavy atom. The number of carboxylic acid groups (broad SMARTS) is 1. The normalized spacial score (nSPS) is 14.3. The van der Waals surface area contributed by atoms with E-state index in [1.807, 2.05) is 6.08 Å². The van der Waals surface area contributed by atoms with E-state index in [9.17, 15) is 4.79 Å². The SMILES string of the molecule is CCCCCCCCCCCCCCCCC(C)CC(C)C=C(C)C(=O)O. The minimum absolute atomic E-state index is 0.364. The molecule has 0 heterocycles.